The van der Waals surface area contributed by atoms with E-state index in [-0.39, 0.29) is 31.9 Å². The third kappa shape index (κ3) is 8.87. The molecule has 3 aromatic carbocycles. The quantitative estimate of drug-likeness (QED) is 0.127. The molecule has 0 bridgehead atoms. The van der Waals surface area contributed by atoms with Gasteiger partial charge in [0.15, 0.2) is 0 Å². The standard InChI is InChI=1S/C27H30N2O5S.ClH/c1-2-9-25(28)22-14-16-24(17-15-22)34-27(30)19-18-26(23-12-7-4-8-13-23)35(31,32)29-33-20-21-10-5-3-6-11-21;/h3-8,10-17,26,28-29H,2,9,18-20H2,1H3;1H. The summed E-state index contributed by atoms with van der Waals surface area (Å²) in [6.45, 7) is 2.09. The molecule has 0 radical (unpaired) electrons. The Balaban J connectivity index is 0.00000456. The highest BCUT2D eigenvalue weighted by atomic mass is 35.5. The van der Waals surface area contributed by atoms with Gasteiger partial charge < -0.3 is 10.1 Å². The van der Waals surface area contributed by atoms with Gasteiger partial charge in [-0.3, -0.25) is 9.63 Å². The van der Waals surface area contributed by atoms with Crippen LogP contribution in [0.1, 0.15) is 54.5 Å². The number of hydrogen-bond donors (Lipinski definition) is 2. The minimum absolute atomic E-state index is 0. The maximum atomic E-state index is 13.0. The van der Waals surface area contributed by atoms with Gasteiger partial charge in [-0.25, -0.2) is 8.42 Å². The zero-order chi connectivity index (χ0) is 25.1. The smallest absolute Gasteiger partial charge is 0.311 e. The lowest BCUT2D eigenvalue weighted by Crippen LogP contribution is -2.30. The van der Waals surface area contributed by atoms with E-state index in [9.17, 15) is 13.2 Å². The fraction of sp³-hybridized carbons (Fsp3) is 0.259. The molecule has 3 aromatic rings. The van der Waals surface area contributed by atoms with Crippen molar-refractivity contribution in [3.8, 4) is 5.75 Å². The average molecular weight is 531 g/mol. The molecule has 0 aliphatic rings. The van der Waals surface area contributed by atoms with Gasteiger partial charge in [-0.15, -0.1) is 12.4 Å². The highest BCUT2D eigenvalue weighted by Crippen LogP contribution is 2.27. The molecule has 0 heterocycles. The van der Waals surface area contributed by atoms with Crippen LogP contribution < -0.4 is 9.62 Å². The van der Waals surface area contributed by atoms with Gasteiger partial charge in [0, 0.05) is 12.1 Å². The van der Waals surface area contributed by atoms with E-state index in [1.807, 2.05) is 37.3 Å². The van der Waals surface area contributed by atoms with Gasteiger partial charge in [-0.1, -0.05) is 78.9 Å². The Morgan fingerprint density at radius 2 is 1.53 bits per heavy atom. The molecule has 7 nitrogen and oxygen atoms in total. The van der Waals surface area contributed by atoms with E-state index in [1.165, 1.54) is 0 Å². The normalized spacial score (nSPS) is 11.8. The van der Waals surface area contributed by atoms with Crippen molar-refractivity contribution in [1.29, 1.82) is 5.41 Å². The van der Waals surface area contributed by atoms with Crippen LogP contribution in [0.2, 0.25) is 0 Å². The Morgan fingerprint density at radius 1 is 0.917 bits per heavy atom. The lowest BCUT2D eigenvalue weighted by Gasteiger charge is -2.18. The first-order chi connectivity index (χ1) is 16.9. The van der Waals surface area contributed by atoms with E-state index in [0.717, 1.165) is 17.5 Å². The summed E-state index contributed by atoms with van der Waals surface area (Å²) in [6, 6.07) is 24.7. The zero-order valence-corrected chi connectivity index (χ0v) is 21.7. The van der Waals surface area contributed by atoms with Crippen LogP contribution in [0.5, 0.6) is 5.75 Å². The number of halogens is 1. The Bertz CT molecular complexity index is 1200. The van der Waals surface area contributed by atoms with Crippen LogP contribution in [0.3, 0.4) is 0 Å². The number of rotatable bonds is 13. The largest absolute Gasteiger partial charge is 0.427 e. The molecule has 0 aromatic heterocycles. The van der Waals surface area contributed by atoms with E-state index in [2.05, 4.69) is 4.89 Å². The number of carbonyl (C=O) groups excluding carboxylic acids is 1. The van der Waals surface area contributed by atoms with Gasteiger partial charge in [0.1, 0.15) is 11.0 Å². The number of esters is 1. The molecule has 0 aliphatic heterocycles. The highest BCUT2D eigenvalue weighted by Gasteiger charge is 2.28. The number of benzene rings is 3. The van der Waals surface area contributed by atoms with E-state index in [4.69, 9.17) is 15.0 Å². The second-order valence-electron chi connectivity index (χ2n) is 8.07. The van der Waals surface area contributed by atoms with Crippen LogP contribution >= 0.6 is 12.4 Å². The minimum atomic E-state index is -3.94. The Hall–Kier alpha value is -3.04. The zero-order valence-electron chi connectivity index (χ0n) is 20.1. The van der Waals surface area contributed by atoms with Crippen molar-refractivity contribution >= 4 is 34.1 Å². The summed E-state index contributed by atoms with van der Waals surface area (Å²) < 4.78 is 31.5. The van der Waals surface area contributed by atoms with Crippen molar-refractivity contribution in [2.45, 2.75) is 44.5 Å². The van der Waals surface area contributed by atoms with Gasteiger partial charge in [-0.05, 0) is 53.8 Å². The van der Waals surface area contributed by atoms with E-state index in [0.29, 0.717) is 23.4 Å². The van der Waals surface area contributed by atoms with E-state index in [1.54, 1.807) is 54.6 Å². The van der Waals surface area contributed by atoms with Gasteiger partial charge in [0.05, 0.1) is 6.61 Å². The van der Waals surface area contributed by atoms with Gasteiger partial charge in [0.25, 0.3) is 0 Å². The average Bonchev–Trinajstić information content (AvgIpc) is 2.86. The predicted molar refractivity (Wildman–Crippen MR) is 143 cm³/mol. The maximum Gasteiger partial charge on any atom is 0.311 e. The van der Waals surface area contributed by atoms with Crippen molar-refractivity contribution < 1.29 is 22.8 Å². The first kappa shape index (κ1) is 29.2. The number of carbonyl (C=O) groups is 1. The molecule has 0 spiro atoms. The first-order valence-electron chi connectivity index (χ1n) is 11.5. The number of nitrogens with one attached hydrogen (secondary N) is 2. The molecule has 0 aliphatic carbocycles. The SMILES string of the molecule is CCCC(=N)c1ccc(OC(=O)CCC(c2ccccc2)S(=O)(=O)NOCc2ccccc2)cc1.Cl. The topological polar surface area (TPSA) is 106 Å². The Morgan fingerprint density at radius 3 is 2.14 bits per heavy atom. The molecular weight excluding hydrogens is 500 g/mol. The van der Waals surface area contributed by atoms with Gasteiger partial charge in [0.2, 0.25) is 10.0 Å². The maximum absolute atomic E-state index is 13.0. The molecule has 0 amide bonds. The summed E-state index contributed by atoms with van der Waals surface area (Å²) in [5, 5.41) is 7.01. The molecular formula is C27H31ClN2O5S. The molecule has 9 heteroatoms. The number of hydrogen-bond acceptors (Lipinski definition) is 6. The van der Waals surface area contributed by atoms with E-state index < -0.39 is 21.2 Å². The Labute approximate surface area is 218 Å². The molecule has 192 valence electrons. The van der Waals surface area contributed by atoms with Crippen LogP contribution in [0, 0.1) is 5.41 Å². The monoisotopic (exact) mass is 530 g/mol. The molecule has 0 saturated heterocycles. The van der Waals surface area contributed by atoms with Crippen molar-refractivity contribution in [3.05, 3.63) is 102 Å². The number of sulfonamides is 1. The third-order valence-corrected chi connectivity index (χ3v) is 6.95. The van der Waals surface area contributed by atoms with Crippen molar-refractivity contribution in [1.82, 2.24) is 4.89 Å². The lowest BCUT2D eigenvalue weighted by atomic mass is 10.1. The van der Waals surface area contributed by atoms with Crippen LogP contribution in [0.25, 0.3) is 0 Å². The Kier molecular flexibility index (Phi) is 11.8. The minimum Gasteiger partial charge on any atom is -0.427 e. The number of ether oxygens (including phenoxy) is 1. The summed E-state index contributed by atoms with van der Waals surface area (Å²) in [7, 11) is -3.94. The van der Waals surface area contributed by atoms with Crippen molar-refractivity contribution in [2.24, 2.45) is 0 Å². The molecule has 0 saturated carbocycles. The van der Waals surface area contributed by atoms with Crippen LogP contribution in [-0.4, -0.2) is 20.1 Å². The van der Waals surface area contributed by atoms with Crippen molar-refractivity contribution in [2.75, 3.05) is 0 Å². The van der Waals surface area contributed by atoms with Crippen LogP contribution in [0.15, 0.2) is 84.9 Å². The highest BCUT2D eigenvalue weighted by molar-refractivity contribution is 7.89. The second-order valence-corrected chi connectivity index (χ2v) is 9.89. The van der Waals surface area contributed by atoms with Crippen molar-refractivity contribution in [3.63, 3.8) is 0 Å². The summed E-state index contributed by atoms with van der Waals surface area (Å²) in [5.74, 6) is -0.186. The molecule has 3 rings (SSSR count). The van der Waals surface area contributed by atoms with Crippen LogP contribution in [0.4, 0.5) is 0 Å². The molecule has 36 heavy (non-hydrogen) atoms. The summed E-state index contributed by atoms with van der Waals surface area (Å²) in [5.41, 5.74) is 2.69. The summed E-state index contributed by atoms with van der Waals surface area (Å²) >= 11 is 0. The van der Waals surface area contributed by atoms with E-state index >= 15 is 0 Å². The summed E-state index contributed by atoms with van der Waals surface area (Å²) in [6.07, 6.45) is 1.48. The fourth-order valence-corrected chi connectivity index (χ4v) is 4.83. The summed E-state index contributed by atoms with van der Waals surface area (Å²) in [4.78, 5) is 20.0. The molecule has 1 unspecified atom stereocenters. The third-order valence-electron chi connectivity index (χ3n) is 5.35. The van der Waals surface area contributed by atoms with Gasteiger partial charge >= 0.3 is 5.97 Å². The molecule has 1 atom stereocenters. The predicted octanol–water partition coefficient (Wildman–Crippen LogP) is 5.75. The van der Waals surface area contributed by atoms with Gasteiger partial charge in [-0.2, -0.15) is 0 Å². The first-order valence-corrected chi connectivity index (χ1v) is 13.0. The van der Waals surface area contributed by atoms with Crippen LogP contribution in [-0.2, 0) is 26.3 Å². The lowest BCUT2D eigenvalue weighted by molar-refractivity contribution is -0.134. The molecule has 0 fully saturated rings. The second kappa shape index (κ2) is 14.5. The molecule has 2 N–H and O–H groups in total. The fourth-order valence-electron chi connectivity index (χ4n) is 3.55.